The third-order valence-corrected chi connectivity index (χ3v) is 2.23. The van der Waals surface area contributed by atoms with Crippen LogP contribution in [0.5, 0.6) is 0 Å². The minimum absolute atomic E-state index is 0.281. The quantitative estimate of drug-likeness (QED) is 0.574. The van der Waals surface area contributed by atoms with Crippen molar-refractivity contribution in [2.45, 2.75) is 25.6 Å². The van der Waals surface area contributed by atoms with Gasteiger partial charge in [-0.15, -0.1) is 0 Å². The van der Waals surface area contributed by atoms with Gasteiger partial charge in [0, 0.05) is 17.3 Å². The Balaban J connectivity index is 2.59. The Morgan fingerprint density at radius 1 is 1.33 bits per heavy atom. The van der Waals surface area contributed by atoms with Gasteiger partial charge in [-0.2, -0.15) is 13.2 Å². The smallest absolute Gasteiger partial charge is 0.349 e. The van der Waals surface area contributed by atoms with E-state index in [1.165, 1.54) is 19.1 Å². The van der Waals surface area contributed by atoms with E-state index in [1.54, 1.807) is 12.1 Å². The molecule has 1 aromatic rings. The maximum absolute atomic E-state index is 12.1. The molecule has 100 valence electrons. The molecule has 1 rings (SSSR count). The topological polar surface area (TPSA) is 67.2 Å². The van der Waals surface area contributed by atoms with Gasteiger partial charge in [-0.05, 0) is 31.2 Å². The predicted molar refractivity (Wildman–Crippen MR) is 61.9 cm³/mol. The zero-order valence-electron chi connectivity index (χ0n) is 9.71. The second kappa shape index (κ2) is 5.72. The van der Waals surface area contributed by atoms with Crippen molar-refractivity contribution in [2.75, 3.05) is 5.43 Å². The number of nitrogens with one attached hydrogen (secondary N) is 2. The number of hydrogen-bond donors (Lipinski definition) is 3. The number of carbonyl (C=O) groups excluding carboxylic acids is 1. The zero-order chi connectivity index (χ0) is 13.8. The van der Waals surface area contributed by atoms with E-state index < -0.39 is 24.5 Å². The molecule has 0 heterocycles. The molecule has 0 aromatic heterocycles. The van der Waals surface area contributed by atoms with Crippen LogP contribution < -0.4 is 16.6 Å². The Bertz CT molecular complexity index is 403. The van der Waals surface area contributed by atoms with Crippen LogP contribution in [0, 0.1) is 0 Å². The SMILES string of the molecule is CC(CC(F)(F)F)NC(=O)c1ccc(NN)cc1. The lowest BCUT2D eigenvalue weighted by Gasteiger charge is -2.15. The van der Waals surface area contributed by atoms with Crippen LogP contribution in [-0.4, -0.2) is 18.1 Å². The number of alkyl halides is 3. The predicted octanol–water partition coefficient (Wildman–Crippen LogP) is 2.04. The van der Waals surface area contributed by atoms with Gasteiger partial charge in [0.1, 0.15) is 0 Å². The van der Waals surface area contributed by atoms with Gasteiger partial charge in [-0.3, -0.25) is 10.6 Å². The average Bonchev–Trinajstić information content (AvgIpc) is 2.26. The molecule has 7 heteroatoms. The summed E-state index contributed by atoms with van der Waals surface area (Å²) in [6.45, 7) is 1.31. The number of carbonyl (C=O) groups is 1. The van der Waals surface area contributed by atoms with Gasteiger partial charge in [0.25, 0.3) is 5.91 Å². The Labute approximate surface area is 102 Å². The molecule has 1 aromatic carbocycles. The molecule has 1 atom stereocenters. The Morgan fingerprint density at radius 3 is 2.33 bits per heavy atom. The summed E-state index contributed by atoms with van der Waals surface area (Å²) in [7, 11) is 0. The monoisotopic (exact) mass is 261 g/mol. The van der Waals surface area contributed by atoms with E-state index in [0.29, 0.717) is 5.69 Å². The molecule has 0 aliphatic heterocycles. The first kappa shape index (κ1) is 14.3. The minimum atomic E-state index is -4.29. The van der Waals surface area contributed by atoms with E-state index in [9.17, 15) is 18.0 Å². The molecular formula is C11H14F3N3O. The number of rotatable bonds is 4. The molecule has 0 aliphatic carbocycles. The maximum atomic E-state index is 12.1. The molecule has 0 saturated carbocycles. The standard InChI is InChI=1S/C11H14F3N3O/c1-7(6-11(12,13)14)16-10(18)8-2-4-9(17-15)5-3-8/h2-5,7,17H,6,15H2,1H3,(H,16,18). The molecule has 1 amide bonds. The summed E-state index contributed by atoms with van der Waals surface area (Å²) in [5.41, 5.74) is 3.27. The molecular weight excluding hydrogens is 247 g/mol. The highest BCUT2D eigenvalue weighted by Crippen LogP contribution is 2.21. The van der Waals surface area contributed by atoms with Crippen LogP contribution in [-0.2, 0) is 0 Å². The Hall–Kier alpha value is -1.76. The summed E-state index contributed by atoms with van der Waals surface area (Å²) in [6, 6.07) is 5.10. The fourth-order valence-corrected chi connectivity index (χ4v) is 1.42. The molecule has 0 aliphatic rings. The number of hydrogen-bond acceptors (Lipinski definition) is 3. The average molecular weight is 261 g/mol. The summed E-state index contributed by atoms with van der Waals surface area (Å²) in [6.07, 6.45) is -5.35. The number of nitrogen functional groups attached to an aromatic ring is 1. The fraction of sp³-hybridized carbons (Fsp3) is 0.364. The van der Waals surface area contributed by atoms with Gasteiger partial charge in [-0.1, -0.05) is 0 Å². The van der Waals surface area contributed by atoms with Crippen LogP contribution in [0.25, 0.3) is 0 Å². The first-order valence-corrected chi connectivity index (χ1v) is 5.26. The summed E-state index contributed by atoms with van der Waals surface area (Å²) in [4.78, 5) is 11.6. The number of anilines is 1. The highest BCUT2D eigenvalue weighted by molar-refractivity contribution is 5.94. The van der Waals surface area contributed by atoms with Crippen LogP contribution >= 0.6 is 0 Å². The summed E-state index contributed by atoms with van der Waals surface area (Å²) in [5, 5.41) is 2.28. The van der Waals surface area contributed by atoms with Crippen LogP contribution in [0.3, 0.4) is 0 Å². The lowest BCUT2D eigenvalue weighted by Crippen LogP contribution is -2.35. The maximum Gasteiger partial charge on any atom is 0.391 e. The highest BCUT2D eigenvalue weighted by Gasteiger charge is 2.30. The van der Waals surface area contributed by atoms with Crippen molar-refractivity contribution in [1.82, 2.24) is 5.32 Å². The minimum Gasteiger partial charge on any atom is -0.349 e. The second-order valence-corrected chi connectivity index (χ2v) is 3.92. The van der Waals surface area contributed by atoms with Crippen molar-refractivity contribution >= 4 is 11.6 Å². The van der Waals surface area contributed by atoms with Gasteiger partial charge in [0.2, 0.25) is 0 Å². The molecule has 18 heavy (non-hydrogen) atoms. The highest BCUT2D eigenvalue weighted by atomic mass is 19.4. The molecule has 0 radical (unpaired) electrons. The third kappa shape index (κ3) is 4.62. The van der Waals surface area contributed by atoms with E-state index in [-0.39, 0.29) is 5.56 Å². The third-order valence-electron chi connectivity index (χ3n) is 2.23. The van der Waals surface area contributed by atoms with Crippen LogP contribution in [0.2, 0.25) is 0 Å². The first-order chi connectivity index (χ1) is 8.31. The molecule has 1 unspecified atom stereocenters. The molecule has 4 N–H and O–H groups in total. The number of benzene rings is 1. The van der Waals surface area contributed by atoms with Gasteiger partial charge in [-0.25, -0.2) is 0 Å². The van der Waals surface area contributed by atoms with Gasteiger partial charge in [0.15, 0.2) is 0 Å². The van der Waals surface area contributed by atoms with E-state index in [1.807, 2.05) is 0 Å². The van der Waals surface area contributed by atoms with Gasteiger partial charge in [0.05, 0.1) is 6.42 Å². The molecule has 0 spiro atoms. The van der Waals surface area contributed by atoms with E-state index in [4.69, 9.17) is 5.84 Å². The van der Waals surface area contributed by atoms with Gasteiger partial charge < -0.3 is 10.7 Å². The fourth-order valence-electron chi connectivity index (χ4n) is 1.42. The molecule has 0 saturated heterocycles. The molecule has 0 fully saturated rings. The van der Waals surface area contributed by atoms with Crippen molar-refractivity contribution in [1.29, 1.82) is 0 Å². The van der Waals surface area contributed by atoms with Crippen molar-refractivity contribution in [3.8, 4) is 0 Å². The molecule has 0 bridgehead atoms. The van der Waals surface area contributed by atoms with Crippen LogP contribution in [0.4, 0.5) is 18.9 Å². The zero-order valence-corrected chi connectivity index (χ0v) is 9.71. The summed E-state index contributed by atoms with van der Waals surface area (Å²) >= 11 is 0. The van der Waals surface area contributed by atoms with E-state index in [0.717, 1.165) is 0 Å². The first-order valence-electron chi connectivity index (χ1n) is 5.26. The van der Waals surface area contributed by atoms with Gasteiger partial charge >= 0.3 is 6.18 Å². The van der Waals surface area contributed by atoms with E-state index >= 15 is 0 Å². The van der Waals surface area contributed by atoms with Crippen molar-refractivity contribution < 1.29 is 18.0 Å². The van der Waals surface area contributed by atoms with E-state index in [2.05, 4.69) is 10.7 Å². The second-order valence-electron chi connectivity index (χ2n) is 3.92. The number of nitrogens with two attached hydrogens (primary N) is 1. The number of halogens is 3. The van der Waals surface area contributed by atoms with Crippen LogP contribution in [0.1, 0.15) is 23.7 Å². The Morgan fingerprint density at radius 2 is 1.89 bits per heavy atom. The normalized spacial score (nSPS) is 12.9. The number of hydrazine groups is 1. The summed E-state index contributed by atoms with van der Waals surface area (Å²) < 4.78 is 36.3. The Kier molecular flexibility index (Phi) is 4.55. The largest absolute Gasteiger partial charge is 0.391 e. The number of amides is 1. The van der Waals surface area contributed by atoms with Crippen molar-refractivity contribution in [3.63, 3.8) is 0 Å². The van der Waals surface area contributed by atoms with Crippen molar-refractivity contribution in [3.05, 3.63) is 29.8 Å². The van der Waals surface area contributed by atoms with Crippen molar-refractivity contribution in [2.24, 2.45) is 5.84 Å². The lowest BCUT2D eigenvalue weighted by atomic mass is 10.1. The lowest BCUT2D eigenvalue weighted by molar-refractivity contribution is -0.138. The molecule has 4 nitrogen and oxygen atoms in total. The summed E-state index contributed by atoms with van der Waals surface area (Å²) in [5.74, 6) is 4.60. The van der Waals surface area contributed by atoms with Crippen LogP contribution in [0.15, 0.2) is 24.3 Å².